The Morgan fingerprint density at radius 3 is 2.25 bits per heavy atom. The van der Waals surface area contributed by atoms with Crippen LogP contribution in [0.25, 0.3) is 0 Å². The Labute approximate surface area is 92.2 Å². The quantitative estimate of drug-likeness (QED) is 0.388. The lowest BCUT2D eigenvalue weighted by Crippen LogP contribution is -2.59. The van der Waals surface area contributed by atoms with E-state index >= 15 is 0 Å². The first kappa shape index (κ1) is 13.8. The molecule has 1 heterocycles. The smallest absolute Gasteiger partial charge is 0.264 e. The minimum absolute atomic E-state index is 0.666. The van der Waals surface area contributed by atoms with Crippen molar-refractivity contribution in [2.45, 2.75) is 30.7 Å². The number of aliphatic hydroxyl groups is 4. The van der Waals surface area contributed by atoms with Crippen molar-refractivity contribution < 1.29 is 37.8 Å². The third-order valence-electron chi connectivity index (χ3n) is 2.13. The fourth-order valence-electron chi connectivity index (χ4n) is 1.39. The first-order valence-corrected chi connectivity index (χ1v) is 6.26. The summed E-state index contributed by atoms with van der Waals surface area (Å²) in [4.78, 5) is 0. The van der Waals surface area contributed by atoms with Crippen LogP contribution in [-0.4, -0.2) is 72.4 Å². The maximum absolute atomic E-state index is 10.9. The summed E-state index contributed by atoms with van der Waals surface area (Å²) < 4.78 is 30.9. The molecule has 96 valence electrons. The normalized spacial score (nSPS) is 40.9. The third kappa shape index (κ3) is 3.10. The van der Waals surface area contributed by atoms with Gasteiger partial charge in [-0.25, -0.2) is 0 Å². The van der Waals surface area contributed by atoms with E-state index in [4.69, 9.17) is 10.2 Å². The molecule has 1 saturated heterocycles. The fourth-order valence-corrected chi connectivity index (χ4v) is 2.03. The zero-order valence-electron chi connectivity index (χ0n) is 8.42. The molecule has 0 radical (unpaired) electrons. The van der Waals surface area contributed by atoms with E-state index < -0.39 is 47.4 Å². The molecule has 0 spiro atoms. The highest BCUT2D eigenvalue weighted by atomic mass is 32.2. The summed E-state index contributed by atoms with van der Waals surface area (Å²) in [5.41, 5.74) is 0. The van der Waals surface area contributed by atoms with Crippen LogP contribution >= 0.6 is 0 Å². The largest absolute Gasteiger partial charge is 0.394 e. The van der Waals surface area contributed by atoms with Crippen molar-refractivity contribution >= 4 is 10.1 Å². The topological polar surface area (TPSA) is 134 Å². The molecule has 0 aromatic heterocycles. The Hall–Kier alpha value is -0.290. The fraction of sp³-hybridized carbons (Fsp3) is 1.00. The van der Waals surface area contributed by atoms with Crippen LogP contribution < -0.4 is 0 Å². The summed E-state index contributed by atoms with van der Waals surface area (Å²) in [6, 6.07) is 0. The summed E-state index contributed by atoms with van der Waals surface area (Å²) in [5.74, 6) is 0. The maximum atomic E-state index is 10.9. The van der Waals surface area contributed by atoms with E-state index in [0.29, 0.717) is 0 Å². The van der Waals surface area contributed by atoms with Crippen LogP contribution in [0.1, 0.15) is 0 Å². The van der Waals surface area contributed by atoms with Gasteiger partial charge in [-0.2, -0.15) is 8.42 Å². The molecule has 8 nitrogen and oxygen atoms in total. The van der Waals surface area contributed by atoms with Gasteiger partial charge in [-0.3, -0.25) is 4.18 Å². The van der Waals surface area contributed by atoms with Crippen LogP contribution in [0.3, 0.4) is 0 Å². The first-order valence-electron chi connectivity index (χ1n) is 4.45. The second kappa shape index (κ2) is 4.92. The Kier molecular flexibility index (Phi) is 4.23. The van der Waals surface area contributed by atoms with Gasteiger partial charge in [0.25, 0.3) is 10.1 Å². The highest BCUT2D eigenvalue weighted by molar-refractivity contribution is 7.86. The average molecular weight is 258 g/mol. The summed E-state index contributed by atoms with van der Waals surface area (Å²) in [7, 11) is -3.88. The predicted molar refractivity (Wildman–Crippen MR) is 49.7 cm³/mol. The van der Waals surface area contributed by atoms with Gasteiger partial charge in [0, 0.05) is 0 Å². The molecule has 5 atom stereocenters. The van der Waals surface area contributed by atoms with Crippen LogP contribution in [0.4, 0.5) is 0 Å². The van der Waals surface area contributed by atoms with Gasteiger partial charge in [-0.15, -0.1) is 0 Å². The lowest BCUT2D eigenvalue weighted by Gasteiger charge is -2.39. The van der Waals surface area contributed by atoms with Crippen molar-refractivity contribution in [3.8, 4) is 0 Å². The van der Waals surface area contributed by atoms with E-state index in [-0.39, 0.29) is 0 Å². The molecule has 1 rings (SSSR count). The molecule has 16 heavy (non-hydrogen) atoms. The Balaban J connectivity index is 2.85. The third-order valence-corrected chi connectivity index (χ3v) is 2.70. The van der Waals surface area contributed by atoms with Crippen LogP contribution in [-0.2, 0) is 19.0 Å². The van der Waals surface area contributed by atoms with Gasteiger partial charge in [-0.05, 0) is 0 Å². The van der Waals surface area contributed by atoms with E-state index in [1.807, 2.05) is 0 Å². The van der Waals surface area contributed by atoms with Crippen molar-refractivity contribution in [3.63, 3.8) is 0 Å². The Morgan fingerprint density at radius 2 is 1.81 bits per heavy atom. The van der Waals surface area contributed by atoms with Gasteiger partial charge in [0.05, 0.1) is 12.9 Å². The standard InChI is InChI=1S/C7H14O8S/c1-16(12,13)15-6-3(2-8)14-7(11)5(10)4(6)9/h3-11H,2H2,1H3. The van der Waals surface area contributed by atoms with E-state index in [1.54, 1.807) is 0 Å². The lowest BCUT2D eigenvalue weighted by molar-refractivity contribution is -0.281. The molecule has 4 N–H and O–H groups in total. The molecule has 0 bridgehead atoms. The first-order chi connectivity index (χ1) is 7.26. The summed E-state index contributed by atoms with van der Waals surface area (Å²) >= 11 is 0. The summed E-state index contributed by atoms with van der Waals surface area (Å²) in [6.45, 7) is -0.666. The van der Waals surface area contributed by atoms with Crippen molar-refractivity contribution in [2.75, 3.05) is 12.9 Å². The molecule has 0 aromatic carbocycles. The van der Waals surface area contributed by atoms with Gasteiger partial charge in [0.15, 0.2) is 6.29 Å². The molecule has 0 aromatic rings. The Morgan fingerprint density at radius 1 is 1.25 bits per heavy atom. The summed E-state index contributed by atoms with van der Waals surface area (Å²) in [5, 5.41) is 36.7. The summed E-state index contributed by atoms with van der Waals surface area (Å²) in [6.07, 6.45) is -7.01. The molecular formula is C7H14O8S. The molecule has 5 unspecified atom stereocenters. The van der Waals surface area contributed by atoms with Gasteiger partial charge in [0.2, 0.25) is 0 Å². The Bertz CT molecular complexity index is 325. The van der Waals surface area contributed by atoms with E-state index in [0.717, 1.165) is 6.26 Å². The van der Waals surface area contributed by atoms with Crippen LogP contribution in [0.15, 0.2) is 0 Å². The predicted octanol–water partition coefficient (Wildman–Crippen LogP) is -3.24. The molecule has 0 amide bonds. The number of hydrogen-bond donors (Lipinski definition) is 4. The zero-order chi connectivity index (χ0) is 12.5. The van der Waals surface area contributed by atoms with Gasteiger partial charge in [0.1, 0.15) is 24.4 Å². The molecule has 9 heteroatoms. The van der Waals surface area contributed by atoms with Crippen LogP contribution in [0.2, 0.25) is 0 Å². The monoisotopic (exact) mass is 258 g/mol. The molecule has 0 saturated carbocycles. The molecule has 1 fully saturated rings. The van der Waals surface area contributed by atoms with Crippen LogP contribution in [0.5, 0.6) is 0 Å². The van der Waals surface area contributed by atoms with Crippen molar-refractivity contribution in [3.05, 3.63) is 0 Å². The maximum Gasteiger partial charge on any atom is 0.264 e. The number of hydrogen-bond acceptors (Lipinski definition) is 8. The lowest BCUT2D eigenvalue weighted by atomic mass is 9.99. The second-order valence-electron chi connectivity index (χ2n) is 3.49. The van der Waals surface area contributed by atoms with Crippen molar-refractivity contribution in [1.29, 1.82) is 0 Å². The van der Waals surface area contributed by atoms with E-state index in [1.165, 1.54) is 0 Å². The molecule has 1 aliphatic heterocycles. The van der Waals surface area contributed by atoms with Crippen molar-refractivity contribution in [1.82, 2.24) is 0 Å². The number of aliphatic hydroxyl groups excluding tert-OH is 4. The van der Waals surface area contributed by atoms with E-state index in [2.05, 4.69) is 8.92 Å². The highest BCUT2D eigenvalue weighted by Crippen LogP contribution is 2.23. The van der Waals surface area contributed by atoms with Gasteiger partial charge >= 0.3 is 0 Å². The molecule has 1 aliphatic rings. The van der Waals surface area contributed by atoms with Gasteiger partial charge in [-0.1, -0.05) is 0 Å². The average Bonchev–Trinajstić information content (AvgIpc) is 2.17. The second-order valence-corrected chi connectivity index (χ2v) is 5.09. The minimum Gasteiger partial charge on any atom is -0.394 e. The zero-order valence-corrected chi connectivity index (χ0v) is 9.24. The SMILES string of the molecule is CS(=O)(=O)OC1C(CO)OC(O)C(O)C1O. The number of ether oxygens (including phenoxy) is 1. The van der Waals surface area contributed by atoms with Crippen molar-refractivity contribution in [2.24, 2.45) is 0 Å². The van der Waals surface area contributed by atoms with Crippen LogP contribution in [0, 0.1) is 0 Å². The minimum atomic E-state index is -3.88. The van der Waals surface area contributed by atoms with Gasteiger partial charge < -0.3 is 25.2 Å². The van der Waals surface area contributed by atoms with E-state index in [9.17, 15) is 18.6 Å². The molecule has 0 aliphatic carbocycles. The number of rotatable bonds is 3. The molecular weight excluding hydrogens is 244 g/mol. The highest BCUT2D eigenvalue weighted by Gasteiger charge is 2.45.